The molecule has 0 fully saturated rings. The number of allylic oxidation sites excluding steroid dienone is 1. The van der Waals surface area contributed by atoms with E-state index in [-0.39, 0.29) is 17.6 Å². The summed E-state index contributed by atoms with van der Waals surface area (Å²) in [6.45, 7) is 0.999. The van der Waals surface area contributed by atoms with Crippen molar-refractivity contribution in [2.24, 2.45) is 0 Å². The quantitative estimate of drug-likeness (QED) is 0.762. The Hall–Kier alpha value is -3.48. The van der Waals surface area contributed by atoms with Gasteiger partial charge in [-0.2, -0.15) is 0 Å². The van der Waals surface area contributed by atoms with Crippen LogP contribution in [-0.2, 0) is 16.0 Å². The summed E-state index contributed by atoms with van der Waals surface area (Å²) < 4.78 is 19.7. The van der Waals surface area contributed by atoms with Gasteiger partial charge in [0.2, 0.25) is 11.8 Å². The van der Waals surface area contributed by atoms with Crippen molar-refractivity contribution in [3.8, 4) is 5.75 Å². The topological polar surface area (TPSA) is 71.5 Å². The summed E-state index contributed by atoms with van der Waals surface area (Å²) in [5, 5.41) is 2.75. The predicted molar refractivity (Wildman–Crippen MR) is 117 cm³/mol. The monoisotopic (exact) mass is 421 g/mol. The smallest absolute Gasteiger partial charge is 0.246 e. The molecule has 4 rings (SSSR count). The van der Waals surface area contributed by atoms with Gasteiger partial charge in [-0.3, -0.25) is 9.59 Å². The molecular weight excluding hydrogens is 397 g/mol. The number of ether oxygens (including phenoxy) is 1. The molecule has 0 saturated carbocycles. The molecule has 1 aromatic carbocycles. The number of nitrogens with zero attached hydrogens (tertiary/aromatic N) is 2. The summed E-state index contributed by atoms with van der Waals surface area (Å²) in [6.07, 6.45) is 9.31. The number of carbonyl (C=O) groups is 2. The summed E-state index contributed by atoms with van der Waals surface area (Å²) in [5.74, 6) is 0.640. The minimum Gasteiger partial charge on any atom is -0.496 e. The number of hydrogen-bond donors (Lipinski definition) is 1. The number of fused-ring (bicyclic) bond motifs is 1. The third kappa shape index (κ3) is 4.66. The number of amides is 2. The zero-order valence-electron chi connectivity index (χ0n) is 17.4. The van der Waals surface area contributed by atoms with Crippen LogP contribution in [0.25, 0.3) is 11.6 Å². The Morgan fingerprint density at radius 3 is 3.00 bits per heavy atom. The standard InChI is InChI=1S/C24H24FN3O3/c1-31-20-6-2-5-19(25)23(20)17-4-3-12-28(13-11-17)22(30)10-7-16-14-18-8-9-21(29)27-24(18)26-15-16/h2,5-7,10-11,14-15H,3-4,8-9,12-13H2,1H3,(H,26,27,29). The van der Waals surface area contributed by atoms with Gasteiger partial charge in [-0.25, -0.2) is 9.37 Å². The summed E-state index contributed by atoms with van der Waals surface area (Å²) in [7, 11) is 1.53. The van der Waals surface area contributed by atoms with Gasteiger partial charge in [0.15, 0.2) is 0 Å². The van der Waals surface area contributed by atoms with E-state index in [9.17, 15) is 14.0 Å². The van der Waals surface area contributed by atoms with Crippen LogP contribution in [0.1, 0.15) is 36.0 Å². The van der Waals surface area contributed by atoms with Gasteiger partial charge in [0.1, 0.15) is 17.4 Å². The number of carbonyl (C=O) groups excluding carboxylic acids is 2. The molecule has 1 N–H and O–H groups in total. The van der Waals surface area contributed by atoms with Crippen molar-refractivity contribution in [1.29, 1.82) is 0 Å². The second-order valence-corrected chi connectivity index (χ2v) is 7.59. The molecule has 7 heteroatoms. The average molecular weight is 421 g/mol. The van der Waals surface area contributed by atoms with Crippen LogP contribution >= 0.6 is 0 Å². The third-order valence-electron chi connectivity index (χ3n) is 5.55. The Bertz CT molecular complexity index is 1080. The minimum atomic E-state index is -0.318. The molecule has 2 amide bonds. The van der Waals surface area contributed by atoms with E-state index >= 15 is 0 Å². The Kier molecular flexibility index (Phi) is 6.11. The van der Waals surface area contributed by atoms with Gasteiger partial charge in [0.25, 0.3) is 0 Å². The van der Waals surface area contributed by atoms with Crippen molar-refractivity contribution in [2.45, 2.75) is 25.7 Å². The fourth-order valence-electron chi connectivity index (χ4n) is 3.93. The number of halogens is 1. The number of aromatic nitrogens is 1. The van der Waals surface area contributed by atoms with E-state index in [0.717, 1.165) is 23.1 Å². The van der Waals surface area contributed by atoms with Crippen molar-refractivity contribution < 1.29 is 18.7 Å². The van der Waals surface area contributed by atoms with Crippen molar-refractivity contribution in [3.63, 3.8) is 0 Å². The summed E-state index contributed by atoms with van der Waals surface area (Å²) in [5.41, 5.74) is 3.11. The van der Waals surface area contributed by atoms with Crippen LogP contribution < -0.4 is 10.1 Å². The highest BCUT2D eigenvalue weighted by Gasteiger charge is 2.19. The summed E-state index contributed by atoms with van der Waals surface area (Å²) in [6, 6.07) is 6.73. The van der Waals surface area contributed by atoms with Crippen molar-refractivity contribution in [2.75, 3.05) is 25.5 Å². The van der Waals surface area contributed by atoms with E-state index in [1.54, 1.807) is 29.3 Å². The van der Waals surface area contributed by atoms with Crippen LogP contribution in [-0.4, -0.2) is 41.9 Å². The van der Waals surface area contributed by atoms with E-state index in [1.165, 1.54) is 19.3 Å². The molecule has 0 spiro atoms. The lowest BCUT2D eigenvalue weighted by Crippen LogP contribution is -2.29. The zero-order valence-corrected chi connectivity index (χ0v) is 17.4. The molecule has 31 heavy (non-hydrogen) atoms. The van der Waals surface area contributed by atoms with Gasteiger partial charge in [-0.05, 0) is 60.2 Å². The van der Waals surface area contributed by atoms with Crippen molar-refractivity contribution in [1.82, 2.24) is 9.88 Å². The predicted octanol–water partition coefficient (Wildman–Crippen LogP) is 3.83. The van der Waals surface area contributed by atoms with Gasteiger partial charge in [-0.1, -0.05) is 12.1 Å². The Balaban J connectivity index is 1.46. The second-order valence-electron chi connectivity index (χ2n) is 7.59. The number of anilines is 1. The SMILES string of the molecule is COc1cccc(F)c1C1=CCN(C(=O)C=Cc2cnc3c(c2)CCC(=O)N3)CCC1. The third-order valence-corrected chi connectivity index (χ3v) is 5.55. The molecule has 0 unspecified atom stereocenters. The Morgan fingerprint density at radius 1 is 1.29 bits per heavy atom. The summed E-state index contributed by atoms with van der Waals surface area (Å²) >= 11 is 0. The highest BCUT2D eigenvalue weighted by molar-refractivity contribution is 5.94. The van der Waals surface area contributed by atoms with Crippen molar-refractivity contribution >= 4 is 29.3 Å². The first-order chi connectivity index (χ1) is 15.0. The largest absolute Gasteiger partial charge is 0.496 e. The van der Waals surface area contributed by atoms with Crippen LogP contribution in [0.5, 0.6) is 5.75 Å². The lowest BCUT2D eigenvalue weighted by Gasteiger charge is -2.17. The first-order valence-electron chi connectivity index (χ1n) is 10.3. The highest BCUT2D eigenvalue weighted by atomic mass is 19.1. The molecule has 2 aliphatic rings. The van der Waals surface area contributed by atoms with Gasteiger partial charge >= 0.3 is 0 Å². The molecule has 6 nitrogen and oxygen atoms in total. The van der Waals surface area contributed by atoms with Gasteiger partial charge in [0, 0.05) is 31.8 Å². The van der Waals surface area contributed by atoms with Gasteiger partial charge in [-0.15, -0.1) is 0 Å². The molecular formula is C24H24FN3O3. The maximum absolute atomic E-state index is 14.4. The molecule has 1 aromatic heterocycles. The second kappa shape index (κ2) is 9.12. The Morgan fingerprint density at radius 2 is 2.16 bits per heavy atom. The fourth-order valence-corrected chi connectivity index (χ4v) is 3.93. The average Bonchev–Trinajstić information content (AvgIpc) is 3.03. The van der Waals surface area contributed by atoms with Crippen LogP contribution in [0.15, 0.2) is 42.6 Å². The van der Waals surface area contributed by atoms with Gasteiger partial charge in [0.05, 0.1) is 12.7 Å². The van der Waals surface area contributed by atoms with Gasteiger partial charge < -0.3 is 15.0 Å². The number of benzene rings is 1. The number of rotatable bonds is 4. The van der Waals surface area contributed by atoms with E-state index in [4.69, 9.17) is 4.74 Å². The van der Waals surface area contributed by atoms with E-state index in [2.05, 4.69) is 10.3 Å². The maximum atomic E-state index is 14.4. The first-order valence-corrected chi connectivity index (χ1v) is 10.3. The number of hydrogen-bond acceptors (Lipinski definition) is 4. The highest BCUT2D eigenvalue weighted by Crippen LogP contribution is 2.32. The molecule has 0 bridgehead atoms. The molecule has 0 radical (unpaired) electrons. The lowest BCUT2D eigenvalue weighted by molar-refractivity contribution is -0.125. The van der Waals surface area contributed by atoms with Crippen LogP contribution in [0.3, 0.4) is 0 Å². The molecule has 3 heterocycles. The molecule has 2 aromatic rings. The normalized spacial score (nSPS) is 16.4. The molecule has 2 aliphatic heterocycles. The maximum Gasteiger partial charge on any atom is 0.246 e. The van der Waals surface area contributed by atoms with E-state index in [1.807, 2.05) is 12.1 Å². The molecule has 0 aliphatic carbocycles. The number of pyridine rings is 1. The lowest BCUT2D eigenvalue weighted by atomic mass is 10.00. The number of nitrogens with one attached hydrogen (secondary N) is 1. The van der Waals surface area contributed by atoms with Crippen LogP contribution in [0.2, 0.25) is 0 Å². The first kappa shape index (κ1) is 20.8. The van der Waals surface area contributed by atoms with E-state index < -0.39 is 0 Å². The minimum absolute atomic E-state index is 0.0277. The van der Waals surface area contributed by atoms with E-state index in [0.29, 0.717) is 49.5 Å². The van der Waals surface area contributed by atoms with Crippen molar-refractivity contribution in [3.05, 3.63) is 65.1 Å². The molecule has 0 atom stereocenters. The molecule has 160 valence electrons. The Labute approximate surface area is 180 Å². The fraction of sp³-hybridized carbons (Fsp3) is 0.292. The summed E-state index contributed by atoms with van der Waals surface area (Å²) in [4.78, 5) is 30.2. The number of methoxy groups -OCH3 is 1. The molecule has 0 saturated heterocycles. The zero-order chi connectivity index (χ0) is 21.8. The van der Waals surface area contributed by atoms with Crippen LogP contribution in [0, 0.1) is 5.82 Å². The van der Waals surface area contributed by atoms with Crippen LogP contribution in [0.4, 0.5) is 10.2 Å². The number of aryl methyl sites for hydroxylation is 1.